The van der Waals surface area contributed by atoms with E-state index in [1.807, 2.05) is 30.3 Å². The molecular weight excluding hydrogens is 424 g/mol. The number of nitrogens with one attached hydrogen (secondary N) is 2. The second-order valence-electron chi connectivity index (χ2n) is 6.21. The van der Waals surface area contributed by atoms with Crippen LogP contribution in [0.5, 0.6) is 0 Å². The lowest BCUT2D eigenvalue weighted by molar-refractivity contribution is -0.115. The number of ether oxygens (including phenoxy) is 1. The highest BCUT2D eigenvalue weighted by molar-refractivity contribution is 8.00. The largest absolute Gasteiger partial charge is 0.462 e. The van der Waals surface area contributed by atoms with Crippen LogP contribution in [0, 0.1) is 6.92 Å². The molecule has 1 atom stereocenters. The number of nitrogens with zero attached hydrogens (tertiary/aromatic N) is 2. The fourth-order valence-corrected chi connectivity index (χ4v) is 4.19. The highest BCUT2D eigenvalue weighted by atomic mass is 32.2. The predicted molar refractivity (Wildman–Crippen MR) is 117 cm³/mol. The Balaban J connectivity index is 1.71. The number of anilines is 1. The van der Waals surface area contributed by atoms with Gasteiger partial charge in [0.05, 0.1) is 23.2 Å². The Morgan fingerprint density at radius 3 is 2.70 bits per heavy atom. The summed E-state index contributed by atoms with van der Waals surface area (Å²) < 4.78 is 4.99. The van der Waals surface area contributed by atoms with Gasteiger partial charge in [0.1, 0.15) is 4.88 Å². The van der Waals surface area contributed by atoms with Crippen LogP contribution >= 0.6 is 23.1 Å². The Hall–Kier alpha value is -2.98. The lowest BCUT2D eigenvalue weighted by Crippen LogP contribution is -2.23. The normalized spacial score (nSPS) is 11.7. The number of esters is 1. The van der Waals surface area contributed by atoms with Crippen LogP contribution in [0.15, 0.2) is 46.3 Å². The molecule has 1 aromatic carbocycles. The molecule has 0 saturated heterocycles. The van der Waals surface area contributed by atoms with E-state index in [-0.39, 0.29) is 18.1 Å². The van der Waals surface area contributed by atoms with Crippen molar-refractivity contribution in [3.05, 3.63) is 57.3 Å². The molecule has 1 amide bonds. The summed E-state index contributed by atoms with van der Waals surface area (Å²) in [6.45, 7) is 5.36. The number of hydrogen-bond donors (Lipinski definition) is 2. The Bertz CT molecular complexity index is 1110. The number of amides is 1. The molecule has 0 aliphatic rings. The average molecular weight is 445 g/mol. The monoisotopic (exact) mass is 444 g/mol. The van der Waals surface area contributed by atoms with Gasteiger partial charge in [0.15, 0.2) is 10.3 Å². The first kappa shape index (κ1) is 21.7. The maximum absolute atomic E-state index is 12.6. The second kappa shape index (κ2) is 9.68. The molecule has 8 nitrogen and oxygen atoms in total. The first-order valence-corrected chi connectivity index (χ1v) is 10.9. The molecule has 30 heavy (non-hydrogen) atoms. The summed E-state index contributed by atoms with van der Waals surface area (Å²) in [5, 5.41) is 2.79. The molecule has 0 fully saturated rings. The van der Waals surface area contributed by atoms with Gasteiger partial charge in [0.25, 0.3) is 5.56 Å². The quantitative estimate of drug-likeness (QED) is 0.326. The van der Waals surface area contributed by atoms with E-state index in [0.29, 0.717) is 26.6 Å². The Morgan fingerprint density at radius 2 is 2.00 bits per heavy atom. The van der Waals surface area contributed by atoms with Gasteiger partial charge in [0.2, 0.25) is 5.91 Å². The van der Waals surface area contributed by atoms with Crippen LogP contribution in [0.2, 0.25) is 0 Å². The zero-order valence-corrected chi connectivity index (χ0v) is 18.2. The zero-order valence-electron chi connectivity index (χ0n) is 16.6. The van der Waals surface area contributed by atoms with Gasteiger partial charge in [-0.25, -0.2) is 14.8 Å². The van der Waals surface area contributed by atoms with E-state index >= 15 is 0 Å². The van der Waals surface area contributed by atoms with Crippen LogP contribution < -0.4 is 10.9 Å². The molecule has 156 valence electrons. The van der Waals surface area contributed by atoms with Crippen molar-refractivity contribution in [3.63, 3.8) is 0 Å². The lowest BCUT2D eigenvalue weighted by Gasteiger charge is -2.10. The van der Waals surface area contributed by atoms with E-state index in [1.54, 1.807) is 20.8 Å². The first-order valence-electron chi connectivity index (χ1n) is 9.16. The minimum Gasteiger partial charge on any atom is -0.462 e. The van der Waals surface area contributed by atoms with Crippen molar-refractivity contribution in [2.75, 3.05) is 11.9 Å². The summed E-state index contributed by atoms with van der Waals surface area (Å²) in [4.78, 5) is 48.2. The Kier molecular flexibility index (Phi) is 7.01. The SMILES string of the molecule is CCOC(=O)c1sc(NC(=O)[C@@H](C)Sc2nc(-c3ccccc3)cc(=O)[nH]2)nc1C. The highest BCUT2D eigenvalue weighted by Gasteiger charge is 2.21. The molecule has 0 aliphatic carbocycles. The van der Waals surface area contributed by atoms with E-state index in [4.69, 9.17) is 4.74 Å². The topological polar surface area (TPSA) is 114 Å². The number of thiazole rings is 1. The standard InChI is InChI=1S/C20H20N4O4S2/c1-4-28-18(27)16-11(2)21-19(30-16)24-17(26)12(3)29-20-22-14(10-15(25)23-20)13-8-6-5-7-9-13/h5-10,12H,4H2,1-3H3,(H,21,24,26)(H,22,23,25)/t12-/m1/s1. The zero-order chi connectivity index (χ0) is 21.7. The molecule has 3 aromatic rings. The number of hydrogen-bond acceptors (Lipinski definition) is 8. The minimum atomic E-state index is -0.561. The number of aromatic nitrogens is 3. The lowest BCUT2D eigenvalue weighted by atomic mass is 10.1. The Labute approximate surface area is 181 Å². The smallest absolute Gasteiger partial charge is 0.350 e. The number of aromatic amines is 1. The number of carbonyl (C=O) groups is 2. The van der Waals surface area contributed by atoms with Crippen molar-refractivity contribution in [3.8, 4) is 11.3 Å². The third-order valence-electron chi connectivity index (χ3n) is 3.93. The molecular formula is C20H20N4O4S2. The maximum Gasteiger partial charge on any atom is 0.350 e. The van der Waals surface area contributed by atoms with E-state index in [2.05, 4.69) is 20.3 Å². The van der Waals surface area contributed by atoms with Gasteiger partial charge in [0, 0.05) is 11.6 Å². The van der Waals surface area contributed by atoms with Crippen LogP contribution in [0.1, 0.15) is 29.2 Å². The molecule has 10 heteroatoms. The summed E-state index contributed by atoms with van der Waals surface area (Å²) in [5.74, 6) is -0.785. The summed E-state index contributed by atoms with van der Waals surface area (Å²) in [5.41, 5.74) is 1.54. The van der Waals surface area contributed by atoms with Crippen LogP contribution in [0.25, 0.3) is 11.3 Å². The van der Waals surface area contributed by atoms with E-state index in [9.17, 15) is 14.4 Å². The fourth-order valence-electron chi connectivity index (χ4n) is 2.51. The van der Waals surface area contributed by atoms with E-state index in [1.165, 1.54) is 6.07 Å². The maximum atomic E-state index is 12.6. The minimum absolute atomic E-state index is 0.263. The van der Waals surface area contributed by atoms with Crippen LogP contribution in [0.4, 0.5) is 5.13 Å². The molecule has 2 aromatic heterocycles. The van der Waals surface area contributed by atoms with Crippen LogP contribution in [-0.2, 0) is 9.53 Å². The van der Waals surface area contributed by atoms with Crippen molar-refractivity contribution in [2.24, 2.45) is 0 Å². The summed E-state index contributed by atoms with van der Waals surface area (Å²) in [6.07, 6.45) is 0. The van der Waals surface area contributed by atoms with Gasteiger partial charge in [-0.3, -0.25) is 9.59 Å². The number of thioether (sulfide) groups is 1. The number of rotatable bonds is 7. The molecule has 0 saturated carbocycles. The average Bonchev–Trinajstić information content (AvgIpc) is 3.08. The molecule has 0 aliphatic heterocycles. The molecule has 0 spiro atoms. The predicted octanol–water partition coefficient (Wildman–Crippen LogP) is 3.50. The second-order valence-corrected chi connectivity index (χ2v) is 8.53. The fraction of sp³-hybridized carbons (Fsp3) is 0.250. The van der Waals surface area contributed by atoms with Crippen molar-refractivity contribution in [1.29, 1.82) is 0 Å². The summed E-state index contributed by atoms with van der Waals surface area (Å²) in [7, 11) is 0. The number of aryl methyl sites for hydroxylation is 1. The van der Waals surface area contributed by atoms with Gasteiger partial charge in [-0.05, 0) is 20.8 Å². The van der Waals surface area contributed by atoms with Gasteiger partial charge in [-0.15, -0.1) is 0 Å². The van der Waals surface area contributed by atoms with Gasteiger partial charge in [-0.2, -0.15) is 0 Å². The number of H-pyrrole nitrogens is 1. The van der Waals surface area contributed by atoms with E-state index < -0.39 is 11.2 Å². The molecule has 0 unspecified atom stereocenters. The number of carbonyl (C=O) groups excluding carboxylic acids is 2. The van der Waals surface area contributed by atoms with Crippen molar-refractivity contribution < 1.29 is 14.3 Å². The summed E-state index contributed by atoms with van der Waals surface area (Å²) >= 11 is 2.19. The van der Waals surface area contributed by atoms with E-state index in [0.717, 1.165) is 28.7 Å². The van der Waals surface area contributed by atoms with Crippen LogP contribution in [0.3, 0.4) is 0 Å². The first-order chi connectivity index (χ1) is 14.4. The van der Waals surface area contributed by atoms with Gasteiger partial charge in [-0.1, -0.05) is 53.4 Å². The van der Waals surface area contributed by atoms with Gasteiger partial charge >= 0.3 is 5.97 Å². The highest BCUT2D eigenvalue weighted by Crippen LogP contribution is 2.26. The third-order valence-corrected chi connectivity index (χ3v) is 5.97. The molecule has 2 heterocycles. The number of benzene rings is 1. The van der Waals surface area contributed by atoms with Crippen molar-refractivity contribution in [2.45, 2.75) is 31.2 Å². The molecule has 0 radical (unpaired) electrons. The third kappa shape index (κ3) is 5.33. The molecule has 0 bridgehead atoms. The molecule has 2 N–H and O–H groups in total. The Morgan fingerprint density at radius 1 is 1.27 bits per heavy atom. The summed E-state index contributed by atoms with van der Waals surface area (Å²) in [6, 6.07) is 10.7. The van der Waals surface area contributed by atoms with Crippen molar-refractivity contribution in [1.82, 2.24) is 15.0 Å². The van der Waals surface area contributed by atoms with Gasteiger partial charge < -0.3 is 15.0 Å². The van der Waals surface area contributed by atoms with Crippen molar-refractivity contribution >= 4 is 40.1 Å². The van der Waals surface area contributed by atoms with Crippen LogP contribution in [-0.4, -0.2) is 38.7 Å². The molecule has 3 rings (SSSR count).